The van der Waals surface area contributed by atoms with E-state index in [1.165, 1.54) is 51.0 Å². The van der Waals surface area contributed by atoms with Crippen LogP contribution in [-0.4, -0.2) is 51.3 Å². The second kappa shape index (κ2) is 9.38. The molecule has 2 saturated carbocycles. The summed E-state index contributed by atoms with van der Waals surface area (Å²) >= 11 is 0. The van der Waals surface area contributed by atoms with E-state index in [4.69, 9.17) is 4.74 Å². The average molecular weight is 435 g/mol. The molecule has 3 aliphatic rings. The Morgan fingerprint density at radius 3 is 2.20 bits per heavy atom. The second-order valence-electron chi connectivity index (χ2n) is 11.7. The van der Waals surface area contributed by atoms with Crippen LogP contribution < -0.4 is 4.90 Å². The van der Waals surface area contributed by atoms with Crippen molar-refractivity contribution in [3.63, 3.8) is 0 Å². The summed E-state index contributed by atoms with van der Waals surface area (Å²) in [7, 11) is 1.83. The average Bonchev–Trinajstić information content (AvgIpc) is 3.37. The van der Waals surface area contributed by atoms with E-state index in [9.17, 15) is 0 Å². The lowest BCUT2D eigenvalue weighted by molar-refractivity contribution is 0.0970. The van der Waals surface area contributed by atoms with Gasteiger partial charge in [0.1, 0.15) is 0 Å². The number of nitrogens with zero attached hydrogens (tertiary/aromatic N) is 2. The highest BCUT2D eigenvalue weighted by Crippen LogP contribution is 2.53. The predicted molar refractivity (Wildman–Crippen MR) is 130 cm³/mol. The summed E-state index contributed by atoms with van der Waals surface area (Å²) in [5, 5.41) is 0. The van der Waals surface area contributed by atoms with E-state index in [1.807, 2.05) is 7.11 Å². The van der Waals surface area contributed by atoms with Crippen LogP contribution in [0, 0.1) is 22.7 Å². The number of rotatable bonds is 6. The molecular formula is C26H43ClN2O. The number of anilines is 1. The van der Waals surface area contributed by atoms with Gasteiger partial charge in [-0.1, -0.05) is 45.9 Å². The van der Waals surface area contributed by atoms with Crippen LogP contribution in [0.5, 0.6) is 0 Å². The minimum atomic E-state index is 0. The third-order valence-electron chi connectivity index (χ3n) is 7.59. The van der Waals surface area contributed by atoms with Gasteiger partial charge in [-0.3, -0.25) is 4.90 Å². The normalized spacial score (nSPS) is 28.8. The van der Waals surface area contributed by atoms with Gasteiger partial charge < -0.3 is 9.64 Å². The number of hydrogen-bond donors (Lipinski definition) is 0. The molecule has 0 N–H and O–H groups in total. The quantitative estimate of drug-likeness (QED) is 0.559. The smallest absolute Gasteiger partial charge is 0.0493 e. The molecule has 3 nitrogen and oxygen atoms in total. The third kappa shape index (κ3) is 5.72. The molecule has 0 bridgehead atoms. The van der Waals surface area contributed by atoms with Gasteiger partial charge in [-0.2, -0.15) is 0 Å². The van der Waals surface area contributed by atoms with E-state index >= 15 is 0 Å². The molecule has 1 heterocycles. The van der Waals surface area contributed by atoms with Crippen LogP contribution in [0.25, 0.3) is 0 Å². The number of para-hydroxylation sites is 1. The molecule has 30 heavy (non-hydrogen) atoms. The predicted octanol–water partition coefficient (Wildman–Crippen LogP) is 5.83. The van der Waals surface area contributed by atoms with Gasteiger partial charge in [0.2, 0.25) is 0 Å². The van der Waals surface area contributed by atoms with Crippen molar-refractivity contribution in [2.24, 2.45) is 22.7 Å². The Morgan fingerprint density at radius 2 is 1.57 bits per heavy atom. The van der Waals surface area contributed by atoms with E-state index in [0.29, 0.717) is 16.7 Å². The Hall–Kier alpha value is -0.770. The topological polar surface area (TPSA) is 15.7 Å². The maximum atomic E-state index is 5.33. The molecule has 0 spiro atoms. The van der Waals surface area contributed by atoms with Crippen molar-refractivity contribution in [3.8, 4) is 0 Å². The first-order chi connectivity index (χ1) is 13.8. The molecule has 3 fully saturated rings. The first-order valence-electron chi connectivity index (χ1n) is 11.8. The molecule has 1 aromatic carbocycles. The lowest BCUT2D eigenvalue weighted by Crippen LogP contribution is -2.47. The van der Waals surface area contributed by atoms with Crippen LogP contribution in [-0.2, 0) is 4.74 Å². The van der Waals surface area contributed by atoms with E-state index in [2.05, 4.69) is 61.8 Å². The molecule has 4 heteroatoms. The van der Waals surface area contributed by atoms with Crippen LogP contribution in [0.4, 0.5) is 5.69 Å². The monoisotopic (exact) mass is 434 g/mol. The van der Waals surface area contributed by atoms with Crippen LogP contribution in [0.3, 0.4) is 0 Å². The van der Waals surface area contributed by atoms with Crippen LogP contribution in [0.15, 0.2) is 24.3 Å². The minimum Gasteiger partial charge on any atom is -0.384 e. The SMILES string of the molecule is COC[C@@H]1C[C@H]1CN1CCN(c2ccccc2C2CC(C)(C)CC(C)(C)C2)CC1.Cl. The molecule has 1 aromatic rings. The van der Waals surface area contributed by atoms with Gasteiger partial charge in [-0.05, 0) is 65.9 Å². The largest absolute Gasteiger partial charge is 0.384 e. The van der Waals surface area contributed by atoms with Crippen LogP contribution in [0.1, 0.15) is 64.9 Å². The maximum Gasteiger partial charge on any atom is 0.0493 e. The number of ether oxygens (including phenoxy) is 1. The molecule has 0 unspecified atom stereocenters. The molecule has 0 amide bonds. The van der Waals surface area contributed by atoms with Crippen LogP contribution >= 0.6 is 12.4 Å². The fraction of sp³-hybridized carbons (Fsp3) is 0.769. The lowest BCUT2D eigenvalue weighted by Gasteiger charge is -2.46. The second-order valence-corrected chi connectivity index (χ2v) is 11.7. The Bertz CT molecular complexity index is 680. The fourth-order valence-corrected chi connectivity index (χ4v) is 6.64. The van der Waals surface area contributed by atoms with Gasteiger partial charge in [0.05, 0.1) is 0 Å². The fourth-order valence-electron chi connectivity index (χ4n) is 6.64. The summed E-state index contributed by atoms with van der Waals surface area (Å²) < 4.78 is 5.33. The van der Waals surface area contributed by atoms with Crippen molar-refractivity contribution in [1.82, 2.24) is 4.90 Å². The Labute approximate surface area is 190 Å². The van der Waals surface area contributed by atoms with Crippen molar-refractivity contribution in [2.45, 2.75) is 59.3 Å². The van der Waals surface area contributed by atoms with E-state index in [1.54, 1.807) is 5.56 Å². The summed E-state index contributed by atoms with van der Waals surface area (Å²) in [4.78, 5) is 5.35. The lowest BCUT2D eigenvalue weighted by atomic mass is 9.60. The molecule has 1 saturated heterocycles. The highest BCUT2D eigenvalue weighted by molar-refractivity contribution is 5.85. The molecule has 2 aliphatic carbocycles. The Kier molecular flexibility index (Phi) is 7.47. The van der Waals surface area contributed by atoms with E-state index in [-0.39, 0.29) is 12.4 Å². The summed E-state index contributed by atoms with van der Waals surface area (Å²) in [5.41, 5.74) is 3.97. The van der Waals surface area contributed by atoms with E-state index in [0.717, 1.165) is 31.5 Å². The molecule has 0 radical (unpaired) electrons. The van der Waals surface area contributed by atoms with Gasteiger partial charge in [0, 0.05) is 52.1 Å². The molecule has 170 valence electrons. The number of halogens is 1. The van der Waals surface area contributed by atoms with Crippen LogP contribution in [0.2, 0.25) is 0 Å². The van der Waals surface area contributed by atoms with E-state index < -0.39 is 0 Å². The molecule has 1 aliphatic heterocycles. The zero-order valence-electron chi connectivity index (χ0n) is 19.8. The van der Waals surface area contributed by atoms with Crippen molar-refractivity contribution in [2.75, 3.05) is 51.3 Å². The highest BCUT2D eigenvalue weighted by atomic mass is 35.5. The Balaban J connectivity index is 0.00000256. The summed E-state index contributed by atoms with van der Waals surface area (Å²) in [6.45, 7) is 16.8. The van der Waals surface area contributed by atoms with Gasteiger partial charge >= 0.3 is 0 Å². The van der Waals surface area contributed by atoms with Gasteiger partial charge in [0.25, 0.3) is 0 Å². The minimum absolute atomic E-state index is 0. The van der Waals surface area contributed by atoms with Gasteiger partial charge in [-0.25, -0.2) is 0 Å². The van der Waals surface area contributed by atoms with Crippen molar-refractivity contribution in [1.29, 1.82) is 0 Å². The number of methoxy groups -OCH3 is 1. The molecule has 2 atom stereocenters. The number of benzene rings is 1. The molecular weight excluding hydrogens is 392 g/mol. The van der Waals surface area contributed by atoms with Gasteiger partial charge in [0.15, 0.2) is 0 Å². The summed E-state index contributed by atoms with van der Waals surface area (Å²) in [6.07, 6.45) is 5.33. The van der Waals surface area contributed by atoms with Crippen molar-refractivity contribution < 1.29 is 4.74 Å². The molecule has 4 rings (SSSR count). The summed E-state index contributed by atoms with van der Waals surface area (Å²) in [6, 6.07) is 9.30. The number of piperazine rings is 1. The van der Waals surface area contributed by atoms with Gasteiger partial charge in [-0.15, -0.1) is 12.4 Å². The summed E-state index contributed by atoms with van der Waals surface area (Å²) in [5.74, 6) is 2.38. The third-order valence-corrected chi connectivity index (χ3v) is 7.59. The first kappa shape index (κ1) is 23.9. The zero-order chi connectivity index (χ0) is 20.6. The van der Waals surface area contributed by atoms with Crippen molar-refractivity contribution >= 4 is 18.1 Å². The Morgan fingerprint density at radius 1 is 0.933 bits per heavy atom. The maximum absolute atomic E-state index is 5.33. The van der Waals surface area contributed by atoms with Crippen molar-refractivity contribution in [3.05, 3.63) is 29.8 Å². The number of hydrogen-bond acceptors (Lipinski definition) is 3. The first-order valence-corrected chi connectivity index (χ1v) is 11.8. The zero-order valence-corrected chi connectivity index (χ0v) is 20.6. The molecule has 0 aromatic heterocycles. The standard InChI is InChI=1S/C26H42N2O.ClH/c1-25(2)15-22(16-26(3,4)19-25)23-8-6-7-9-24(23)28-12-10-27(11-13-28)17-20-14-21(20)18-29-5;/h6-9,20-22H,10-19H2,1-5H3;1H/t20-,21-;/m0./s1. The highest BCUT2D eigenvalue weighted by Gasteiger charge is 2.40.